The van der Waals surface area contributed by atoms with Gasteiger partial charge >= 0.3 is 5.97 Å². The fourth-order valence-electron chi connectivity index (χ4n) is 2.05. The van der Waals surface area contributed by atoms with Gasteiger partial charge in [0.1, 0.15) is 10.8 Å². The third kappa shape index (κ3) is 3.39. The van der Waals surface area contributed by atoms with Gasteiger partial charge in [0.15, 0.2) is 6.10 Å². The van der Waals surface area contributed by atoms with Gasteiger partial charge in [-0.15, -0.1) is 23.1 Å². The zero-order valence-corrected chi connectivity index (χ0v) is 13.2. The zero-order chi connectivity index (χ0) is 14.7. The fourth-order valence-corrected chi connectivity index (χ4v) is 3.99. The van der Waals surface area contributed by atoms with Crippen molar-refractivity contribution in [3.8, 4) is 5.75 Å². The summed E-state index contributed by atoms with van der Waals surface area (Å²) in [5, 5.41) is 2.82. The summed E-state index contributed by atoms with van der Waals surface area (Å²) in [6.45, 7) is 2.20. The SMILES string of the molecule is CCOC(=O)Cc1csc(C2CSc3ccccc3O2)n1. The number of para-hydroxylation sites is 1. The Balaban J connectivity index is 1.69. The number of rotatable bonds is 4. The van der Waals surface area contributed by atoms with Gasteiger partial charge in [0.05, 0.1) is 18.7 Å². The second-order valence-electron chi connectivity index (χ2n) is 4.52. The maximum Gasteiger partial charge on any atom is 0.311 e. The molecule has 0 aliphatic carbocycles. The molecule has 0 saturated carbocycles. The van der Waals surface area contributed by atoms with Crippen LogP contribution in [0.25, 0.3) is 0 Å². The highest BCUT2D eigenvalue weighted by Crippen LogP contribution is 2.40. The van der Waals surface area contributed by atoms with E-state index in [9.17, 15) is 4.79 Å². The number of hydrogen-bond acceptors (Lipinski definition) is 6. The molecule has 1 aromatic carbocycles. The molecule has 1 aliphatic rings. The van der Waals surface area contributed by atoms with Crippen LogP contribution in [0.3, 0.4) is 0 Å². The molecule has 0 radical (unpaired) electrons. The molecule has 1 aromatic heterocycles. The Morgan fingerprint density at radius 3 is 3.19 bits per heavy atom. The van der Waals surface area contributed by atoms with E-state index in [1.165, 1.54) is 11.3 Å². The number of carbonyl (C=O) groups is 1. The van der Waals surface area contributed by atoms with Gasteiger partial charge in [-0.05, 0) is 19.1 Å². The minimum atomic E-state index is -0.237. The van der Waals surface area contributed by atoms with E-state index in [-0.39, 0.29) is 18.5 Å². The summed E-state index contributed by atoms with van der Waals surface area (Å²) in [6.07, 6.45) is 0.173. The van der Waals surface area contributed by atoms with E-state index in [0.717, 1.165) is 27.1 Å². The van der Waals surface area contributed by atoms with E-state index in [4.69, 9.17) is 9.47 Å². The van der Waals surface area contributed by atoms with Gasteiger partial charge in [-0.1, -0.05) is 12.1 Å². The number of hydrogen-bond donors (Lipinski definition) is 0. The van der Waals surface area contributed by atoms with E-state index in [2.05, 4.69) is 11.1 Å². The van der Waals surface area contributed by atoms with Crippen molar-refractivity contribution in [3.63, 3.8) is 0 Å². The molecule has 0 spiro atoms. The number of carbonyl (C=O) groups excluding carboxylic acids is 1. The lowest BCUT2D eigenvalue weighted by atomic mass is 10.3. The third-order valence-corrected chi connectivity index (χ3v) is 5.09. The first kappa shape index (κ1) is 14.4. The summed E-state index contributed by atoms with van der Waals surface area (Å²) < 4.78 is 10.9. The van der Waals surface area contributed by atoms with Gasteiger partial charge in [0.2, 0.25) is 0 Å². The van der Waals surface area contributed by atoms with Crippen LogP contribution in [0.2, 0.25) is 0 Å². The van der Waals surface area contributed by atoms with Gasteiger partial charge in [-0.25, -0.2) is 4.98 Å². The maximum absolute atomic E-state index is 11.5. The molecule has 1 aliphatic heterocycles. The van der Waals surface area contributed by atoms with Crippen LogP contribution < -0.4 is 4.74 Å². The summed E-state index contributed by atoms with van der Waals surface area (Å²) in [5.41, 5.74) is 0.751. The maximum atomic E-state index is 11.5. The lowest BCUT2D eigenvalue weighted by Gasteiger charge is -2.23. The van der Waals surface area contributed by atoms with E-state index < -0.39 is 0 Å². The van der Waals surface area contributed by atoms with E-state index in [1.807, 2.05) is 23.6 Å². The summed E-state index contributed by atoms with van der Waals surface area (Å²) in [6, 6.07) is 8.01. The van der Waals surface area contributed by atoms with Crippen molar-refractivity contribution >= 4 is 29.1 Å². The van der Waals surface area contributed by atoms with Crippen LogP contribution in [0, 0.1) is 0 Å². The number of fused-ring (bicyclic) bond motifs is 1. The second-order valence-corrected chi connectivity index (χ2v) is 6.47. The van der Waals surface area contributed by atoms with Crippen LogP contribution in [0.5, 0.6) is 5.75 Å². The monoisotopic (exact) mass is 321 g/mol. The zero-order valence-electron chi connectivity index (χ0n) is 11.6. The Morgan fingerprint density at radius 1 is 1.48 bits per heavy atom. The molecule has 0 N–H and O–H groups in total. The molecule has 0 saturated heterocycles. The Labute approximate surface area is 131 Å². The van der Waals surface area contributed by atoms with Crippen molar-refractivity contribution in [2.45, 2.75) is 24.3 Å². The Hall–Kier alpha value is -1.53. The molecule has 110 valence electrons. The topological polar surface area (TPSA) is 48.4 Å². The molecular formula is C15H15NO3S2. The molecule has 4 nitrogen and oxygen atoms in total. The highest BCUT2D eigenvalue weighted by molar-refractivity contribution is 7.99. The minimum absolute atomic E-state index is 0.0501. The fraction of sp³-hybridized carbons (Fsp3) is 0.333. The van der Waals surface area contributed by atoms with Crippen LogP contribution in [0.4, 0.5) is 0 Å². The van der Waals surface area contributed by atoms with Crippen LogP contribution in [-0.4, -0.2) is 23.3 Å². The van der Waals surface area contributed by atoms with Gasteiger partial charge in [0.25, 0.3) is 0 Å². The van der Waals surface area contributed by atoms with Crippen molar-refractivity contribution in [1.82, 2.24) is 4.98 Å². The van der Waals surface area contributed by atoms with Gasteiger partial charge in [0, 0.05) is 16.0 Å². The summed E-state index contributed by atoms with van der Waals surface area (Å²) in [5.74, 6) is 1.50. The summed E-state index contributed by atoms with van der Waals surface area (Å²) >= 11 is 3.31. The van der Waals surface area contributed by atoms with E-state index >= 15 is 0 Å². The molecule has 6 heteroatoms. The first-order chi connectivity index (χ1) is 10.3. The van der Waals surface area contributed by atoms with Crippen LogP contribution in [-0.2, 0) is 16.0 Å². The number of nitrogens with zero attached hydrogens (tertiary/aromatic N) is 1. The smallest absolute Gasteiger partial charge is 0.311 e. The molecule has 2 heterocycles. The number of thioether (sulfide) groups is 1. The lowest BCUT2D eigenvalue weighted by Crippen LogP contribution is -2.15. The average molecular weight is 321 g/mol. The Kier molecular flexibility index (Phi) is 4.45. The molecule has 0 fully saturated rings. The Bertz CT molecular complexity index is 641. The molecule has 0 bridgehead atoms. The van der Waals surface area contributed by atoms with Crippen molar-refractivity contribution < 1.29 is 14.3 Å². The van der Waals surface area contributed by atoms with Crippen molar-refractivity contribution in [2.75, 3.05) is 12.4 Å². The summed E-state index contributed by atoms with van der Waals surface area (Å²) in [4.78, 5) is 17.1. The number of ether oxygens (including phenoxy) is 2. The van der Waals surface area contributed by atoms with Crippen LogP contribution in [0.1, 0.15) is 23.7 Å². The van der Waals surface area contributed by atoms with Gasteiger partial charge < -0.3 is 9.47 Å². The number of thiazole rings is 1. The average Bonchev–Trinajstić information content (AvgIpc) is 2.95. The van der Waals surface area contributed by atoms with Crippen LogP contribution in [0.15, 0.2) is 34.5 Å². The number of esters is 1. The second kappa shape index (κ2) is 6.49. The van der Waals surface area contributed by atoms with Gasteiger partial charge in [-0.2, -0.15) is 0 Å². The van der Waals surface area contributed by atoms with E-state index in [0.29, 0.717) is 6.61 Å². The first-order valence-corrected chi connectivity index (χ1v) is 8.61. The number of aromatic nitrogens is 1. The highest BCUT2D eigenvalue weighted by Gasteiger charge is 2.24. The standard InChI is InChI=1S/C15H15NO3S2/c1-2-18-14(17)7-10-8-21-15(16-10)12-9-20-13-6-4-3-5-11(13)19-12/h3-6,8,12H,2,7,9H2,1H3. The highest BCUT2D eigenvalue weighted by atomic mass is 32.2. The number of benzene rings is 1. The van der Waals surface area contributed by atoms with Crippen molar-refractivity contribution in [3.05, 3.63) is 40.3 Å². The predicted octanol–water partition coefficient (Wildman–Crippen LogP) is 3.47. The Morgan fingerprint density at radius 2 is 2.33 bits per heavy atom. The molecule has 3 rings (SSSR count). The molecule has 2 aromatic rings. The lowest BCUT2D eigenvalue weighted by molar-refractivity contribution is -0.142. The third-order valence-electron chi connectivity index (χ3n) is 2.98. The molecular weight excluding hydrogens is 306 g/mol. The molecule has 1 atom stereocenters. The molecule has 21 heavy (non-hydrogen) atoms. The summed E-state index contributed by atoms with van der Waals surface area (Å²) in [7, 11) is 0. The largest absolute Gasteiger partial charge is 0.481 e. The normalized spacial score (nSPS) is 16.9. The van der Waals surface area contributed by atoms with Crippen molar-refractivity contribution in [1.29, 1.82) is 0 Å². The minimum Gasteiger partial charge on any atom is -0.481 e. The first-order valence-electron chi connectivity index (χ1n) is 6.74. The quantitative estimate of drug-likeness (QED) is 0.807. The predicted molar refractivity (Wildman–Crippen MR) is 83.0 cm³/mol. The van der Waals surface area contributed by atoms with Crippen LogP contribution >= 0.6 is 23.1 Å². The molecule has 0 amide bonds. The molecule has 1 unspecified atom stereocenters. The van der Waals surface area contributed by atoms with E-state index in [1.54, 1.807) is 18.7 Å². The van der Waals surface area contributed by atoms with Crippen molar-refractivity contribution in [2.24, 2.45) is 0 Å². The van der Waals surface area contributed by atoms with Gasteiger partial charge in [-0.3, -0.25) is 4.79 Å².